The number of hydrogen-bond donors (Lipinski definition) is 0. The summed E-state index contributed by atoms with van der Waals surface area (Å²) in [6.07, 6.45) is 2.26. The van der Waals surface area contributed by atoms with Crippen molar-refractivity contribution in [3.8, 4) is 11.4 Å². The first-order valence-corrected chi connectivity index (χ1v) is 10.1. The quantitative estimate of drug-likeness (QED) is 0.460. The highest BCUT2D eigenvalue weighted by Crippen LogP contribution is 2.38. The molecule has 1 aromatic heterocycles. The fraction of sp³-hybridized carbons (Fsp3) is 0.200. The van der Waals surface area contributed by atoms with Crippen LogP contribution >= 0.6 is 23.5 Å². The van der Waals surface area contributed by atoms with Gasteiger partial charge in [-0.05, 0) is 24.2 Å². The van der Waals surface area contributed by atoms with Crippen LogP contribution in [0.25, 0.3) is 11.4 Å². The van der Waals surface area contributed by atoms with E-state index in [2.05, 4.69) is 42.5 Å². The second kappa shape index (κ2) is 7.41. The molecule has 2 heterocycles. The van der Waals surface area contributed by atoms with Gasteiger partial charge in [-0.15, -0.1) is 23.5 Å². The minimum Gasteiger partial charge on any atom is -0.232 e. The zero-order chi connectivity index (χ0) is 16.2. The minimum absolute atomic E-state index is 0.854. The molecule has 0 radical (unpaired) electrons. The molecule has 0 unspecified atom stereocenters. The van der Waals surface area contributed by atoms with Gasteiger partial charge in [0, 0.05) is 11.3 Å². The van der Waals surface area contributed by atoms with Gasteiger partial charge in [0.1, 0.15) is 5.03 Å². The summed E-state index contributed by atoms with van der Waals surface area (Å²) in [7, 11) is 0. The predicted molar refractivity (Wildman–Crippen MR) is 103 cm³/mol. The van der Waals surface area contributed by atoms with Gasteiger partial charge in [0.2, 0.25) is 0 Å². The van der Waals surface area contributed by atoms with Crippen molar-refractivity contribution in [3.63, 3.8) is 0 Å². The molecule has 120 valence electrons. The fourth-order valence-electron chi connectivity index (χ4n) is 2.74. The van der Waals surface area contributed by atoms with Crippen molar-refractivity contribution in [2.75, 3.05) is 5.75 Å². The van der Waals surface area contributed by atoms with E-state index in [1.807, 2.05) is 41.7 Å². The van der Waals surface area contributed by atoms with Crippen LogP contribution in [0.2, 0.25) is 0 Å². The van der Waals surface area contributed by atoms with Crippen molar-refractivity contribution in [2.24, 2.45) is 0 Å². The number of hydrogen-bond acceptors (Lipinski definition) is 4. The van der Waals surface area contributed by atoms with Crippen LogP contribution in [0, 0.1) is 0 Å². The smallest absolute Gasteiger partial charge is 0.160 e. The topological polar surface area (TPSA) is 25.8 Å². The molecule has 0 spiro atoms. The van der Waals surface area contributed by atoms with E-state index < -0.39 is 0 Å². The van der Waals surface area contributed by atoms with Crippen molar-refractivity contribution >= 4 is 23.5 Å². The number of fused-ring (bicyclic) bond motifs is 1. The van der Waals surface area contributed by atoms with Crippen LogP contribution in [0.3, 0.4) is 0 Å². The molecule has 4 rings (SSSR count). The van der Waals surface area contributed by atoms with Crippen LogP contribution in [0.1, 0.15) is 17.7 Å². The third kappa shape index (κ3) is 3.50. The number of benzene rings is 2. The monoisotopic (exact) mass is 350 g/mol. The van der Waals surface area contributed by atoms with Crippen molar-refractivity contribution in [1.29, 1.82) is 0 Å². The Bertz CT molecular complexity index is 820. The number of thioether (sulfide) groups is 2. The maximum atomic E-state index is 4.90. The molecule has 0 amide bonds. The SMILES string of the molecule is c1ccc(CSc2nc(-c3ccccc3)nc3c2SCCC3)cc1. The first-order valence-electron chi connectivity index (χ1n) is 8.16. The lowest BCUT2D eigenvalue weighted by Crippen LogP contribution is -2.06. The van der Waals surface area contributed by atoms with Crippen LogP contribution in [0.5, 0.6) is 0 Å². The summed E-state index contributed by atoms with van der Waals surface area (Å²) in [5.74, 6) is 2.96. The lowest BCUT2D eigenvalue weighted by atomic mass is 10.2. The summed E-state index contributed by atoms with van der Waals surface area (Å²) in [6.45, 7) is 0. The molecule has 0 fully saturated rings. The van der Waals surface area contributed by atoms with Crippen LogP contribution in [-0.2, 0) is 12.2 Å². The molecule has 4 heteroatoms. The molecule has 3 aromatic rings. The third-order valence-electron chi connectivity index (χ3n) is 3.96. The molecule has 24 heavy (non-hydrogen) atoms. The second-order valence-corrected chi connectivity index (χ2v) is 7.79. The highest BCUT2D eigenvalue weighted by Gasteiger charge is 2.19. The Morgan fingerprint density at radius 1 is 0.917 bits per heavy atom. The number of aromatic nitrogens is 2. The Labute approximate surface area is 151 Å². The van der Waals surface area contributed by atoms with Crippen LogP contribution in [0.4, 0.5) is 0 Å². The summed E-state index contributed by atoms with van der Waals surface area (Å²) < 4.78 is 0. The fourth-order valence-corrected chi connectivity index (χ4v) is 4.97. The van der Waals surface area contributed by atoms with Crippen molar-refractivity contribution in [3.05, 3.63) is 71.9 Å². The zero-order valence-electron chi connectivity index (χ0n) is 13.3. The lowest BCUT2D eigenvalue weighted by molar-refractivity contribution is 0.796. The molecule has 2 aromatic carbocycles. The molecule has 1 aliphatic heterocycles. The van der Waals surface area contributed by atoms with Crippen LogP contribution in [-0.4, -0.2) is 15.7 Å². The molecular formula is C20H18N2S2. The highest BCUT2D eigenvalue weighted by atomic mass is 32.2. The number of aryl methyl sites for hydroxylation is 1. The summed E-state index contributed by atoms with van der Waals surface area (Å²) in [5.41, 5.74) is 3.64. The predicted octanol–water partition coefficient (Wildman–Crippen LogP) is 5.47. The standard InChI is InChI=1S/C20H18N2S2/c1-3-8-15(9-4-1)14-24-20-18-17(12-7-13-23-18)21-19(22-20)16-10-5-2-6-11-16/h1-6,8-11H,7,12-14H2. The Morgan fingerprint density at radius 2 is 1.67 bits per heavy atom. The Hall–Kier alpha value is -1.78. The van der Waals surface area contributed by atoms with Gasteiger partial charge in [-0.3, -0.25) is 0 Å². The minimum atomic E-state index is 0.854. The molecule has 0 atom stereocenters. The van der Waals surface area contributed by atoms with E-state index in [1.165, 1.54) is 28.3 Å². The van der Waals surface area contributed by atoms with Crippen molar-refractivity contribution < 1.29 is 0 Å². The zero-order valence-corrected chi connectivity index (χ0v) is 14.9. The van der Waals surface area contributed by atoms with E-state index in [0.29, 0.717) is 0 Å². The van der Waals surface area contributed by atoms with E-state index in [-0.39, 0.29) is 0 Å². The summed E-state index contributed by atoms with van der Waals surface area (Å²) >= 11 is 3.73. The molecule has 0 N–H and O–H groups in total. The lowest BCUT2D eigenvalue weighted by Gasteiger charge is -2.18. The molecular weight excluding hydrogens is 332 g/mol. The maximum Gasteiger partial charge on any atom is 0.160 e. The van der Waals surface area contributed by atoms with Crippen LogP contribution < -0.4 is 0 Å². The average molecular weight is 351 g/mol. The normalized spacial score (nSPS) is 13.5. The molecule has 2 nitrogen and oxygen atoms in total. The Balaban J connectivity index is 1.68. The first kappa shape index (κ1) is 15.7. The van der Waals surface area contributed by atoms with E-state index in [9.17, 15) is 0 Å². The highest BCUT2D eigenvalue weighted by molar-refractivity contribution is 8.02. The van der Waals surface area contributed by atoms with Gasteiger partial charge < -0.3 is 0 Å². The largest absolute Gasteiger partial charge is 0.232 e. The van der Waals surface area contributed by atoms with Gasteiger partial charge >= 0.3 is 0 Å². The van der Waals surface area contributed by atoms with Crippen LogP contribution in [0.15, 0.2) is 70.6 Å². The van der Waals surface area contributed by atoms with Gasteiger partial charge in [0.15, 0.2) is 5.82 Å². The molecule has 0 saturated heterocycles. The number of rotatable bonds is 4. The first-order chi connectivity index (χ1) is 11.9. The summed E-state index contributed by atoms with van der Waals surface area (Å²) in [5, 5.41) is 1.13. The van der Waals surface area contributed by atoms with E-state index >= 15 is 0 Å². The maximum absolute atomic E-state index is 4.90. The van der Waals surface area contributed by atoms with Crippen molar-refractivity contribution in [2.45, 2.75) is 28.5 Å². The Kier molecular flexibility index (Phi) is 4.86. The molecule has 0 aliphatic carbocycles. The van der Waals surface area contributed by atoms with Gasteiger partial charge in [-0.2, -0.15) is 0 Å². The van der Waals surface area contributed by atoms with Gasteiger partial charge in [-0.25, -0.2) is 9.97 Å². The summed E-state index contributed by atoms with van der Waals surface area (Å²) in [4.78, 5) is 11.0. The van der Waals surface area contributed by atoms with E-state index in [4.69, 9.17) is 9.97 Å². The number of nitrogens with zero attached hydrogens (tertiary/aromatic N) is 2. The second-order valence-electron chi connectivity index (χ2n) is 5.72. The van der Waals surface area contributed by atoms with Gasteiger partial charge in [0.05, 0.1) is 10.6 Å². The Morgan fingerprint density at radius 3 is 2.46 bits per heavy atom. The molecule has 0 bridgehead atoms. The average Bonchev–Trinajstić information content (AvgIpc) is 2.67. The van der Waals surface area contributed by atoms with E-state index in [0.717, 1.165) is 28.6 Å². The van der Waals surface area contributed by atoms with Gasteiger partial charge in [-0.1, -0.05) is 60.7 Å². The van der Waals surface area contributed by atoms with Crippen molar-refractivity contribution in [1.82, 2.24) is 9.97 Å². The third-order valence-corrected chi connectivity index (χ3v) is 6.35. The van der Waals surface area contributed by atoms with E-state index in [1.54, 1.807) is 0 Å². The van der Waals surface area contributed by atoms with Gasteiger partial charge in [0.25, 0.3) is 0 Å². The molecule has 1 aliphatic rings. The summed E-state index contributed by atoms with van der Waals surface area (Å²) in [6, 6.07) is 20.9. The molecule has 0 saturated carbocycles.